The number of nitrogens with zero attached hydrogens (tertiary/aromatic N) is 5. The molecule has 2 aliphatic carbocycles. The van der Waals surface area contributed by atoms with Crippen LogP contribution in [0.25, 0.3) is 5.82 Å². The molecule has 3 aromatic heterocycles. The van der Waals surface area contributed by atoms with Gasteiger partial charge in [0.2, 0.25) is 5.88 Å². The van der Waals surface area contributed by atoms with Gasteiger partial charge in [-0.3, -0.25) is 4.68 Å². The number of aromatic nitrogens is 5. The van der Waals surface area contributed by atoms with Gasteiger partial charge in [0, 0.05) is 25.5 Å². The summed E-state index contributed by atoms with van der Waals surface area (Å²) in [5, 5.41) is 8.15. The van der Waals surface area contributed by atoms with Gasteiger partial charge in [-0.1, -0.05) is 11.6 Å². The molecule has 10 nitrogen and oxygen atoms in total. The number of halogens is 1. The van der Waals surface area contributed by atoms with Crippen molar-refractivity contribution in [2.24, 2.45) is 18.9 Å². The van der Waals surface area contributed by atoms with Gasteiger partial charge < -0.3 is 8.92 Å². The van der Waals surface area contributed by atoms with E-state index in [9.17, 15) is 13.2 Å². The molecule has 33 heavy (non-hydrogen) atoms. The lowest BCUT2D eigenvalue weighted by molar-refractivity contribution is 0.0746. The molecule has 0 saturated heterocycles. The van der Waals surface area contributed by atoms with E-state index in [1.54, 1.807) is 19.3 Å². The number of fused-ring (bicyclic) bond motifs is 2. The maximum Gasteiger partial charge on any atom is 0.357 e. The quantitative estimate of drug-likeness (QED) is 0.381. The molecule has 5 rings (SSSR count). The van der Waals surface area contributed by atoms with Crippen LogP contribution in [0, 0.1) is 18.8 Å². The zero-order chi connectivity index (χ0) is 23.3. The smallest absolute Gasteiger partial charge is 0.357 e. The van der Waals surface area contributed by atoms with E-state index < -0.39 is 16.1 Å². The molecule has 0 radical (unpaired) electrons. The average Bonchev–Trinajstić information content (AvgIpc) is 3.53. The minimum Gasteiger partial charge on any atom is -0.473 e. The van der Waals surface area contributed by atoms with Gasteiger partial charge in [0.25, 0.3) is 0 Å². The highest BCUT2D eigenvalue weighted by Gasteiger charge is 2.41. The van der Waals surface area contributed by atoms with Gasteiger partial charge in [-0.05, 0) is 56.6 Å². The zero-order valence-electron chi connectivity index (χ0n) is 18.0. The molecule has 0 aliphatic heterocycles. The molecule has 3 atom stereocenters. The van der Waals surface area contributed by atoms with Crippen LogP contribution in [0.15, 0.2) is 35.5 Å². The van der Waals surface area contributed by atoms with Gasteiger partial charge in [-0.25, -0.2) is 14.5 Å². The summed E-state index contributed by atoms with van der Waals surface area (Å²) in [4.78, 5) is 16.5. The lowest BCUT2D eigenvalue weighted by Crippen LogP contribution is -2.23. The van der Waals surface area contributed by atoms with Crippen LogP contribution in [0.1, 0.15) is 41.7 Å². The van der Waals surface area contributed by atoms with Crippen molar-refractivity contribution in [3.05, 3.63) is 47.0 Å². The summed E-state index contributed by atoms with van der Waals surface area (Å²) in [6.07, 6.45) is 7.95. The van der Waals surface area contributed by atoms with Crippen LogP contribution in [-0.4, -0.2) is 45.0 Å². The third-order valence-corrected chi connectivity index (χ3v) is 7.82. The number of hydrogen-bond acceptors (Lipinski definition) is 8. The van der Waals surface area contributed by atoms with Crippen LogP contribution in [0.5, 0.6) is 5.88 Å². The van der Waals surface area contributed by atoms with Crippen molar-refractivity contribution >= 4 is 27.7 Å². The fraction of sp³-hybridized carbons (Fsp3) is 0.429. The first-order valence-corrected chi connectivity index (χ1v) is 12.4. The van der Waals surface area contributed by atoms with Gasteiger partial charge in [-0.15, -0.1) is 5.10 Å². The molecule has 2 saturated carbocycles. The van der Waals surface area contributed by atoms with Crippen LogP contribution >= 0.6 is 11.6 Å². The molecule has 2 bridgehead atoms. The molecule has 2 unspecified atom stereocenters. The topological polar surface area (TPSA) is 118 Å². The molecule has 0 N–H and O–H groups in total. The maximum absolute atomic E-state index is 12.5. The normalized spacial score (nSPS) is 22.0. The summed E-state index contributed by atoms with van der Waals surface area (Å²) >= 11 is 6.18. The van der Waals surface area contributed by atoms with Crippen molar-refractivity contribution in [1.82, 2.24) is 24.5 Å². The number of hydrogen-bond donors (Lipinski definition) is 0. The molecule has 3 heterocycles. The second-order valence-electron chi connectivity index (χ2n) is 8.51. The molecule has 2 aliphatic rings. The molecular weight excluding hydrogens is 470 g/mol. The third-order valence-electron chi connectivity index (χ3n) is 6.22. The Morgan fingerprint density at radius 3 is 2.64 bits per heavy atom. The van der Waals surface area contributed by atoms with Gasteiger partial charge in [-0.2, -0.15) is 13.5 Å². The molecule has 3 aromatic rings. The minimum atomic E-state index is -4.36. The van der Waals surface area contributed by atoms with Crippen LogP contribution < -0.4 is 4.74 Å². The summed E-state index contributed by atoms with van der Waals surface area (Å²) in [7, 11) is -2.80. The maximum atomic E-state index is 12.5. The fourth-order valence-electron chi connectivity index (χ4n) is 4.70. The number of carbonyl (C=O) groups excluding carboxylic acids is 1. The number of pyridine rings is 1. The van der Waals surface area contributed by atoms with E-state index in [1.165, 1.54) is 53.9 Å². The molecule has 0 amide bonds. The molecule has 0 spiro atoms. The van der Waals surface area contributed by atoms with Gasteiger partial charge in [0.15, 0.2) is 5.82 Å². The highest BCUT2D eigenvalue weighted by molar-refractivity contribution is 7.87. The van der Waals surface area contributed by atoms with Crippen molar-refractivity contribution in [3.63, 3.8) is 0 Å². The Hall–Kier alpha value is -2.92. The van der Waals surface area contributed by atoms with Crippen molar-refractivity contribution < 1.29 is 22.1 Å². The largest absolute Gasteiger partial charge is 0.473 e. The average molecular weight is 492 g/mol. The van der Waals surface area contributed by atoms with Crippen molar-refractivity contribution in [2.45, 2.75) is 43.6 Å². The first-order valence-electron chi connectivity index (χ1n) is 10.6. The zero-order valence-corrected chi connectivity index (χ0v) is 19.6. The van der Waals surface area contributed by atoms with E-state index in [1.807, 2.05) is 0 Å². The lowest BCUT2D eigenvalue weighted by atomic mass is 9.98. The van der Waals surface area contributed by atoms with E-state index >= 15 is 0 Å². The third kappa shape index (κ3) is 4.22. The van der Waals surface area contributed by atoms with Crippen molar-refractivity contribution in [1.29, 1.82) is 0 Å². The standard InChI is InChI=1S/C21H22ClN5O5S/c1-12-17(11-26(2)24-12)33(29,30)32-21(28)15-5-6-18(23-20(15)22)27-8-7-19(25-27)31-16-10-13-3-4-14(16)9-13/h5-8,11,13-14,16H,3-4,9-10H2,1-2H3/t13?,14?,16-/m0/s1. The molecular formula is C21H22ClN5O5S. The second-order valence-corrected chi connectivity index (χ2v) is 10.4. The molecule has 174 valence electrons. The SMILES string of the molecule is Cc1nn(C)cc1S(=O)(=O)OC(=O)c1ccc(-n2ccc(O[C@H]3CC4CCC3C4)n2)nc1Cl. The summed E-state index contributed by atoms with van der Waals surface area (Å²) in [5.41, 5.74) is 0.0307. The van der Waals surface area contributed by atoms with Crippen LogP contribution in [0.2, 0.25) is 5.15 Å². The number of aryl methyl sites for hydroxylation is 2. The highest BCUT2D eigenvalue weighted by Crippen LogP contribution is 2.45. The van der Waals surface area contributed by atoms with Crippen molar-refractivity contribution in [2.75, 3.05) is 0 Å². The van der Waals surface area contributed by atoms with Crippen LogP contribution in [0.4, 0.5) is 0 Å². The summed E-state index contributed by atoms with van der Waals surface area (Å²) in [5.74, 6) is 1.09. The lowest BCUT2D eigenvalue weighted by Gasteiger charge is -2.21. The Bertz CT molecular complexity index is 1330. The minimum absolute atomic E-state index is 0.184. The Kier molecular flexibility index (Phi) is 5.40. The monoisotopic (exact) mass is 491 g/mol. The number of ether oxygens (including phenoxy) is 1. The molecule has 12 heteroatoms. The van der Waals surface area contributed by atoms with Crippen LogP contribution in [0.3, 0.4) is 0 Å². The predicted molar refractivity (Wildman–Crippen MR) is 117 cm³/mol. The van der Waals surface area contributed by atoms with Crippen molar-refractivity contribution in [3.8, 4) is 11.7 Å². The van der Waals surface area contributed by atoms with E-state index in [0.717, 1.165) is 12.3 Å². The number of carbonyl (C=O) groups is 1. The van der Waals surface area contributed by atoms with Gasteiger partial charge in [0.05, 0.1) is 11.3 Å². The summed E-state index contributed by atoms with van der Waals surface area (Å²) in [6, 6.07) is 4.60. The Morgan fingerprint density at radius 1 is 1.18 bits per heavy atom. The number of rotatable bonds is 6. The van der Waals surface area contributed by atoms with Crippen LogP contribution in [-0.2, 0) is 21.3 Å². The molecule has 2 fully saturated rings. The van der Waals surface area contributed by atoms with E-state index in [0.29, 0.717) is 17.6 Å². The van der Waals surface area contributed by atoms with E-state index in [-0.39, 0.29) is 27.4 Å². The van der Waals surface area contributed by atoms with E-state index in [2.05, 4.69) is 15.2 Å². The Labute approximate surface area is 195 Å². The Balaban J connectivity index is 1.30. The Morgan fingerprint density at radius 2 is 2.00 bits per heavy atom. The van der Waals surface area contributed by atoms with E-state index in [4.69, 9.17) is 20.5 Å². The first kappa shape index (κ1) is 21.9. The van der Waals surface area contributed by atoms with Gasteiger partial charge in [0.1, 0.15) is 16.2 Å². The highest BCUT2D eigenvalue weighted by atomic mass is 35.5. The fourth-order valence-corrected chi connectivity index (χ4v) is 5.99. The molecule has 0 aromatic carbocycles. The second kappa shape index (κ2) is 8.14. The predicted octanol–water partition coefficient (Wildman–Crippen LogP) is 3.08. The summed E-state index contributed by atoms with van der Waals surface area (Å²) in [6.45, 7) is 1.50. The summed E-state index contributed by atoms with van der Waals surface area (Å²) < 4.78 is 38.5. The first-order chi connectivity index (χ1) is 15.7. The van der Waals surface area contributed by atoms with Gasteiger partial charge >= 0.3 is 16.1 Å².